The van der Waals surface area contributed by atoms with E-state index in [2.05, 4.69) is 0 Å². The molecule has 168 valence electrons. The van der Waals surface area contributed by atoms with Gasteiger partial charge in [-0.1, -0.05) is 65.7 Å². The smallest absolute Gasteiger partial charge is 0.293 e. The van der Waals surface area contributed by atoms with Gasteiger partial charge in [0.2, 0.25) is 0 Å². The Bertz CT molecular complexity index is 1180. The number of imide groups is 1. The predicted octanol–water partition coefficient (Wildman–Crippen LogP) is 6.69. The van der Waals surface area contributed by atoms with Gasteiger partial charge in [-0.15, -0.1) is 0 Å². The molecule has 0 radical (unpaired) electrons. The van der Waals surface area contributed by atoms with E-state index in [0.717, 1.165) is 22.4 Å². The molecule has 0 saturated carbocycles. The van der Waals surface area contributed by atoms with Gasteiger partial charge in [0.25, 0.3) is 11.1 Å². The fourth-order valence-corrected chi connectivity index (χ4v) is 4.52. The van der Waals surface area contributed by atoms with E-state index in [4.69, 9.17) is 32.7 Å². The molecule has 33 heavy (non-hydrogen) atoms. The summed E-state index contributed by atoms with van der Waals surface area (Å²) in [6.07, 6.45) is 1.66. The first-order valence-corrected chi connectivity index (χ1v) is 11.7. The number of hydrogen-bond donors (Lipinski definition) is 0. The lowest BCUT2D eigenvalue weighted by atomic mass is 10.1. The highest BCUT2D eigenvalue weighted by Crippen LogP contribution is 2.36. The summed E-state index contributed by atoms with van der Waals surface area (Å²) in [5.74, 6) is 0.958. The molecule has 1 aliphatic heterocycles. The van der Waals surface area contributed by atoms with Crippen LogP contribution in [-0.4, -0.2) is 29.3 Å². The lowest BCUT2D eigenvalue weighted by Crippen LogP contribution is -2.27. The Morgan fingerprint density at radius 3 is 2.24 bits per heavy atom. The molecule has 1 saturated heterocycles. The molecule has 0 aliphatic carbocycles. The summed E-state index contributed by atoms with van der Waals surface area (Å²) >= 11 is 13.3. The summed E-state index contributed by atoms with van der Waals surface area (Å²) in [7, 11) is 0. The van der Waals surface area contributed by atoms with Gasteiger partial charge >= 0.3 is 0 Å². The van der Waals surface area contributed by atoms with Gasteiger partial charge in [-0.3, -0.25) is 14.5 Å². The Hall–Kier alpha value is -2.93. The molecule has 1 aliphatic rings. The molecule has 8 heteroatoms. The molecule has 4 rings (SSSR count). The number of carbonyl (C=O) groups excluding carboxylic acids is 2. The monoisotopic (exact) mass is 499 g/mol. The van der Waals surface area contributed by atoms with Crippen molar-refractivity contribution in [2.45, 2.75) is 6.54 Å². The number of amides is 2. The number of carbonyl (C=O) groups is 2. The average molecular weight is 500 g/mol. The van der Waals surface area contributed by atoms with Gasteiger partial charge in [-0.25, -0.2) is 0 Å². The van der Waals surface area contributed by atoms with E-state index in [9.17, 15) is 9.59 Å². The van der Waals surface area contributed by atoms with Crippen molar-refractivity contribution in [3.05, 3.63) is 98.9 Å². The SMILES string of the molecule is O=C1S/C(=C/c2ccccc2OCCOc2ccccc2)C(=O)N1Cc1c(Cl)cccc1Cl. The minimum atomic E-state index is -0.400. The first-order chi connectivity index (χ1) is 16.0. The Morgan fingerprint density at radius 1 is 0.818 bits per heavy atom. The van der Waals surface area contributed by atoms with Gasteiger partial charge in [-0.05, 0) is 48.2 Å². The summed E-state index contributed by atoms with van der Waals surface area (Å²) in [6, 6.07) is 21.8. The minimum absolute atomic E-state index is 0.00941. The number of rotatable bonds is 8. The Kier molecular flexibility index (Phi) is 7.60. The average Bonchev–Trinajstić information content (AvgIpc) is 3.08. The van der Waals surface area contributed by atoms with E-state index in [1.165, 1.54) is 0 Å². The van der Waals surface area contributed by atoms with Crippen LogP contribution < -0.4 is 9.47 Å². The lowest BCUT2D eigenvalue weighted by molar-refractivity contribution is -0.123. The molecule has 5 nitrogen and oxygen atoms in total. The molecule has 1 fully saturated rings. The summed E-state index contributed by atoms with van der Waals surface area (Å²) in [4.78, 5) is 26.9. The molecule has 0 N–H and O–H groups in total. The van der Waals surface area contributed by atoms with E-state index in [0.29, 0.717) is 45.0 Å². The van der Waals surface area contributed by atoms with Gasteiger partial charge in [0.1, 0.15) is 24.7 Å². The van der Waals surface area contributed by atoms with Gasteiger partial charge in [-0.2, -0.15) is 0 Å². The predicted molar refractivity (Wildman–Crippen MR) is 132 cm³/mol. The number of ether oxygens (including phenoxy) is 2. The maximum atomic E-state index is 12.9. The second-order valence-electron chi connectivity index (χ2n) is 7.02. The van der Waals surface area contributed by atoms with Crippen molar-refractivity contribution in [3.63, 3.8) is 0 Å². The zero-order valence-electron chi connectivity index (χ0n) is 17.4. The Balaban J connectivity index is 1.44. The second-order valence-corrected chi connectivity index (χ2v) is 8.82. The Morgan fingerprint density at radius 2 is 1.48 bits per heavy atom. The fraction of sp³-hybridized carbons (Fsp3) is 0.120. The van der Waals surface area contributed by atoms with Crippen LogP contribution in [0.15, 0.2) is 77.7 Å². The number of benzene rings is 3. The maximum Gasteiger partial charge on any atom is 0.293 e. The van der Waals surface area contributed by atoms with Crippen molar-refractivity contribution in [2.75, 3.05) is 13.2 Å². The number of nitrogens with zero attached hydrogens (tertiary/aromatic N) is 1. The summed E-state index contributed by atoms with van der Waals surface area (Å²) < 4.78 is 11.5. The van der Waals surface area contributed by atoms with Crippen LogP contribution in [-0.2, 0) is 11.3 Å². The van der Waals surface area contributed by atoms with Gasteiger partial charge in [0, 0.05) is 21.2 Å². The molecule has 0 bridgehead atoms. The van der Waals surface area contributed by atoms with Gasteiger partial charge in [0.05, 0.1) is 11.4 Å². The number of para-hydroxylation sites is 2. The van der Waals surface area contributed by atoms with E-state index >= 15 is 0 Å². The molecule has 3 aromatic carbocycles. The number of hydrogen-bond acceptors (Lipinski definition) is 5. The zero-order valence-corrected chi connectivity index (χ0v) is 19.7. The van der Waals surface area contributed by atoms with Crippen LogP contribution in [0.4, 0.5) is 4.79 Å². The molecule has 0 spiro atoms. The Labute approximate surface area is 205 Å². The van der Waals surface area contributed by atoms with Gasteiger partial charge in [0.15, 0.2) is 0 Å². The van der Waals surface area contributed by atoms with Crippen LogP contribution in [0.5, 0.6) is 11.5 Å². The third-order valence-electron chi connectivity index (χ3n) is 4.81. The van der Waals surface area contributed by atoms with E-state index in [1.807, 2.05) is 54.6 Å². The standard InChI is InChI=1S/C25H19Cl2NO4S/c26-20-10-6-11-21(27)19(20)16-28-24(29)23(33-25(28)30)15-17-7-4-5-12-22(17)32-14-13-31-18-8-2-1-3-9-18/h1-12,15H,13-14,16H2/b23-15+. The van der Waals surface area contributed by atoms with Crippen LogP contribution >= 0.6 is 35.0 Å². The van der Waals surface area contributed by atoms with E-state index < -0.39 is 5.91 Å². The van der Waals surface area contributed by atoms with Crippen molar-refractivity contribution in [1.82, 2.24) is 4.90 Å². The van der Waals surface area contributed by atoms with Crippen molar-refractivity contribution in [3.8, 4) is 11.5 Å². The second kappa shape index (κ2) is 10.8. The third-order valence-corrected chi connectivity index (χ3v) is 6.43. The summed E-state index contributed by atoms with van der Waals surface area (Å²) in [6.45, 7) is 0.704. The quantitative estimate of drug-likeness (QED) is 0.255. The molecule has 0 aromatic heterocycles. The number of halogens is 2. The van der Waals surface area contributed by atoms with Crippen LogP contribution in [0, 0.1) is 0 Å². The van der Waals surface area contributed by atoms with Crippen molar-refractivity contribution >= 4 is 52.2 Å². The van der Waals surface area contributed by atoms with Gasteiger partial charge < -0.3 is 9.47 Å². The fourth-order valence-electron chi connectivity index (χ4n) is 3.18. The molecule has 3 aromatic rings. The van der Waals surface area contributed by atoms with Crippen molar-refractivity contribution in [1.29, 1.82) is 0 Å². The third kappa shape index (κ3) is 5.71. The maximum absolute atomic E-state index is 12.9. The minimum Gasteiger partial charge on any atom is -0.490 e. The van der Waals surface area contributed by atoms with E-state index in [1.54, 1.807) is 24.3 Å². The molecule has 0 unspecified atom stereocenters. The topological polar surface area (TPSA) is 55.8 Å². The molecular weight excluding hydrogens is 481 g/mol. The highest BCUT2D eigenvalue weighted by molar-refractivity contribution is 8.18. The molecular formula is C25H19Cl2NO4S. The van der Waals surface area contributed by atoms with Crippen LogP contribution in [0.1, 0.15) is 11.1 Å². The van der Waals surface area contributed by atoms with Crippen molar-refractivity contribution < 1.29 is 19.1 Å². The summed E-state index contributed by atoms with van der Waals surface area (Å²) in [5, 5.41) is 0.431. The molecule has 2 amide bonds. The lowest BCUT2D eigenvalue weighted by Gasteiger charge is -2.14. The first-order valence-electron chi connectivity index (χ1n) is 10.1. The van der Waals surface area contributed by atoms with Crippen LogP contribution in [0.25, 0.3) is 6.08 Å². The highest BCUT2D eigenvalue weighted by atomic mass is 35.5. The van der Waals surface area contributed by atoms with Crippen LogP contribution in [0.3, 0.4) is 0 Å². The molecule has 1 heterocycles. The van der Waals surface area contributed by atoms with E-state index in [-0.39, 0.29) is 11.8 Å². The van der Waals surface area contributed by atoms with Crippen LogP contribution in [0.2, 0.25) is 10.0 Å². The normalized spacial score (nSPS) is 14.7. The molecule has 0 atom stereocenters. The number of thioether (sulfide) groups is 1. The zero-order chi connectivity index (χ0) is 23.2. The first kappa shape index (κ1) is 23.2. The van der Waals surface area contributed by atoms with Crippen molar-refractivity contribution in [2.24, 2.45) is 0 Å². The summed E-state index contributed by atoms with van der Waals surface area (Å²) in [5.41, 5.74) is 1.23. The largest absolute Gasteiger partial charge is 0.490 e. The highest BCUT2D eigenvalue weighted by Gasteiger charge is 2.35.